The molecule has 2 N–H and O–H groups in total. The highest BCUT2D eigenvalue weighted by Crippen LogP contribution is 2.10. The molecule has 1 aliphatic heterocycles. The predicted octanol–water partition coefficient (Wildman–Crippen LogP) is -0.0250. The Morgan fingerprint density at radius 1 is 1.33 bits per heavy atom. The minimum Gasteiger partial charge on any atom is -0.465 e. The largest absolute Gasteiger partial charge is 0.465 e. The minimum atomic E-state index is -1.04. The molecular weight excluding hydrogens is 204 g/mol. The fourth-order valence-corrected chi connectivity index (χ4v) is 1.62. The molecule has 86 valence electrons. The molecule has 2 amide bonds. The standard InChI is InChI=1S/C8H14N2O5/c1-15-5-6-4-9(7(11)12)2-3-10(6)8(13)14/h6H,2-5H2,1H3,(H,11,12)(H,13,14). The number of nitrogens with zero attached hydrogens (tertiary/aromatic N) is 2. The molecule has 0 spiro atoms. The molecule has 0 aliphatic carbocycles. The van der Waals surface area contributed by atoms with E-state index in [1.54, 1.807) is 0 Å². The van der Waals surface area contributed by atoms with Gasteiger partial charge in [-0.3, -0.25) is 4.90 Å². The quantitative estimate of drug-likeness (QED) is 0.679. The van der Waals surface area contributed by atoms with Gasteiger partial charge in [0.2, 0.25) is 0 Å². The number of methoxy groups -OCH3 is 1. The lowest BCUT2D eigenvalue weighted by molar-refractivity contribution is 0.0305. The third-order valence-corrected chi connectivity index (χ3v) is 2.36. The first kappa shape index (κ1) is 11.6. The zero-order valence-electron chi connectivity index (χ0n) is 8.42. The lowest BCUT2D eigenvalue weighted by atomic mass is 10.2. The Hall–Kier alpha value is -1.50. The molecule has 1 heterocycles. The topological polar surface area (TPSA) is 90.3 Å². The van der Waals surface area contributed by atoms with Crippen molar-refractivity contribution in [1.29, 1.82) is 0 Å². The van der Waals surface area contributed by atoms with Crippen molar-refractivity contribution in [3.8, 4) is 0 Å². The van der Waals surface area contributed by atoms with Crippen molar-refractivity contribution < 1.29 is 24.5 Å². The van der Waals surface area contributed by atoms with Crippen LogP contribution < -0.4 is 0 Å². The Kier molecular flexibility index (Phi) is 3.73. The summed E-state index contributed by atoms with van der Waals surface area (Å²) in [7, 11) is 1.46. The summed E-state index contributed by atoms with van der Waals surface area (Å²) in [4.78, 5) is 23.9. The van der Waals surface area contributed by atoms with E-state index in [1.807, 2.05) is 0 Å². The maximum atomic E-state index is 10.8. The zero-order valence-corrected chi connectivity index (χ0v) is 8.42. The number of hydrogen-bond donors (Lipinski definition) is 2. The molecule has 15 heavy (non-hydrogen) atoms. The molecule has 1 unspecified atom stereocenters. The van der Waals surface area contributed by atoms with Crippen molar-refractivity contribution in [2.45, 2.75) is 6.04 Å². The molecule has 0 aromatic heterocycles. The van der Waals surface area contributed by atoms with Gasteiger partial charge in [0.15, 0.2) is 0 Å². The monoisotopic (exact) mass is 218 g/mol. The molecule has 1 fully saturated rings. The minimum absolute atomic E-state index is 0.162. The molecule has 7 nitrogen and oxygen atoms in total. The third kappa shape index (κ3) is 2.72. The second-order valence-electron chi connectivity index (χ2n) is 3.31. The van der Waals surface area contributed by atoms with Crippen LogP contribution in [0.3, 0.4) is 0 Å². The zero-order chi connectivity index (χ0) is 11.4. The number of piperazine rings is 1. The van der Waals surface area contributed by atoms with Gasteiger partial charge < -0.3 is 19.8 Å². The number of ether oxygens (including phenoxy) is 1. The molecule has 1 rings (SSSR count). The van der Waals surface area contributed by atoms with Gasteiger partial charge >= 0.3 is 12.2 Å². The molecule has 0 aromatic carbocycles. The number of carboxylic acid groups (broad SMARTS) is 2. The van der Waals surface area contributed by atoms with Crippen LogP contribution in [0.4, 0.5) is 9.59 Å². The fourth-order valence-electron chi connectivity index (χ4n) is 1.62. The molecule has 0 saturated carbocycles. The van der Waals surface area contributed by atoms with Gasteiger partial charge in [-0.2, -0.15) is 0 Å². The maximum Gasteiger partial charge on any atom is 0.407 e. The molecule has 1 aliphatic rings. The molecule has 0 radical (unpaired) electrons. The lowest BCUT2D eigenvalue weighted by Gasteiger charge is -2.38. The Bertz CT molecular complexity index is 257. The van der Waals surface area contributed by atoms with Crippen LogP contribution in [0.1, 0.15) is 0 Å². The van der Waals surface area contributed by atoms with Crippen molar-refractivity contribution in [3.05, 3.63) is 0 Å². The highest BCUT2D eigenvalue weighted by atomic mass is 16.5. The number of carbonyl (C=O) groups is 2. The molecule has 0 aromatic rings. The van der Waals surface area contributed by atoms with Crippen molar-refractivity contribution >= 4 is 12.2 Å². The summed E-state index contributed by atoms with van der Waals surface area (Å²) in [6, 6.07) is -0.419. The van der Waals surface area contributed by atoms with Crippen molar-refractivity contribution in [2.75, 3.05) is 33.4 Å². The molecule has 0 bridgehead atoms. The summed E-state index contributed by atoms with van der Waals surface area (Å²) in [6.07, 6.45) is -2.07. The van der Waals surface area contributed by atoms with E-state index in [2.05, 4.69) is 0 Å². The van der Waals surface area contributed by atoms with Crippen LogP contribution in [0.15, 0.2) is 0 Å². The van der Waals surface area contributed by atoms with Gasteiger partial charge in [0, 0.05) is 26.7 Å². The second kappa shape index (κ2) is 4.83. The Morgan fingerprint density at radius 2 is 2.00 bits per heavy atom. The Balaban J connectivity index is 2.64. The van der Waals surface area contributed by atoms with Gasteiger partial charge in [-0.15, -0.1) is 0 Å². The van der Waals surface area contributed by atoms with Gasteiger partial charge in [0.25, 0.3) is 0 Å². The van der Waals surface area contributed by atoms with Crippen molar-refractivity contribution in [2.24, 2.45) is 0 Å². The summed E-state index contributed by atoms with van der Waals surface area (Å²) >= 11 is 0. The van der Waals surface area contributed by atoms with Gasteiger partial charge in [-0.25, -0.2) is 9.59 Å². The maximum absolute atomic E-state index is 10.8. The van der Waals surface area contributed by atoms with E-state index in [0.29, 0.717) is 0 Å². The van der Waals surface area contributed by atoms with Crippen LogP contribution in [-0.4, -0.2) is 71.6 Å². The number of amides is 2. The normalized spacial score (nSPS) is 21.5. The van der Waals surface area contributed by atoms with E-state index >= 15 is 0 Å². The molecular formula is C8H14N2O5. The average Bonchev–Trinajstić information content (AvgIpc) is 2.17. The number of rotatable bonds is 2. The van der Waals surface area contributed by atoms with Crippen LogP contribution in [0.5, 0.6) is 0 Å². The summed E-state index contributed by atoms with van der Waals surface area (Å²) in [5.41, 5.74) is 0. The van der Waals surface area contributed by atoms with E-state index in [4.69, 9.17) is 14.9 Å². The van der Waals surface area contributed by atoms with Gasteiger partial charge in [0.1, 0.15) is 0 Å². The highest BCUT2D eigenvalue weighted by molar-refractivity contribution is 5.68. The third-order valence-electron chi connectivity index (χ3n) is 2.36. The molecule has 1 atom stereocenters. The van der Waals surface area contributed by atoms with E-state index in [9.17, 15) is 9.59 Å². The van der Waals surface area contributed by atoms with E-state index in [1.165, 1.54) is 16.9 Å². The molecule has 7 heteroatoms. The second-order valence-corrected chi connectivity index (χ2v) is 3.31. The summed E-state index contributed by atoms with van der Waals surface area (Å²) in [5.74, 6) is 0. The fraction of sp³-hybridized carbons (Fsp3) is 0.750. The van der Waals surface area contributed by atoms with Crippen LogP contribution in [-0.2, 0) is 4.74 Å². The predicted molar refractivity (Wildman–Crippen MR) is 50.0 cm³/mol. The Labute approximate surface area is 86.8 Å². The smallest absolute Gasteiger partial charge is 0.407 e. The van der Waals surface area contributed by atoms with Crippen molar-refractivity contribution in [1.82, 2.24) is 9.80 Å². The van der Waals surface area contributed by atoms with Crippen LogP contribution in [0.2, 0.25) is 0 Å². The average molecular weight is 218 g/mol. The van der Waals surface area contributed by atoms with E-state index in [0.717, 1.165) is 0 Å². The summed E-state index contributed by atoms with van der Waals surface area (Å²) < 4.78 is 4.87. The first-order valence-electron chi connectivity index (χ1n) is 4.52. The van der Waals surface area contributed by atoms with Crippen LogP contribution in [0.25, 0.3) is 0 Å². The summed E-state index contributed by atoms with van der Waals surface area (Å²) in [5, 5.41) is 17.6. The lowest BCUT2D eigenvalue weighted by Crippen LogP contribution is -2.57. The summed E-state index contributed by atoms with van der Waals surface area (Å²) in [6.45, 7) is 0.767. The van der Waals surface area contributed by atoms with Gasteiger partial charge in [-0.05, 0) is 0 Å². The number of hydrogen-bond acceptors (Lipinski definition) is 3. The SMILES string of the molecule is COCC1CN(C(=O)O)CCN1C(=O)O. The first-order chi connectivity index (χ1) is 7.06. The highest BCUT2D eigenvalue weighted by Gasteiger charge is 2.32. The van der Waals surface area contributed by atoms with Crippen LogP contribution in [0, 0.1) is 0 Å². The first-order valence-corrected chi connectivity index (χ1v) is 4.52. The Morgan fingerprint density at radius 3 is 2.47 bits per heavy atom. The van der Waals surface area contributed by atoms with Gasteiger partial charge in [0.05, 0.1) is 12.6 Å². The van der Waals surface area contributed by atoms with Crippen LogP contribution >= 0.6 is 0 Å². The van der Waals surface area contributed by atoms with Gasteiger partial charge in [-0.1, -0.05) is 0 Å². The molecule has 1 saturated heterocycles. The van der Waals surface area contributed by atoms with E-state index < -0.39 is 18.2 Å². The van der Waals surface area contributed by atoms with Crippen molar-refractivity contribution in [3.63, 3.8) is 0 Å². The van der Waals surface area contributed by atoms with E-state index in [-0.39, 0.29) is 26.2 Å².